The normalized spacial score (nSPS) is 11.9. The molecule has 160 valence electrons. The van der Waals surface area contributed by atoms with Gasteiger partial charge in [-0.15, -0.1) is 0 Å². The Bertz CT molecular complexity index is 1150. The first kappa shape index (κ1) is 20.9. The highest BCUT2D eigenvalue weighted by Crippen LogP contribution is 2.31. The molecule has 0 aliphatic rings. The molecule has 4 rings (SSSR count). The summed E-state index contributed by atoms with van der Waals surface area (Å²) in [6, 6.07) is 14.8. The van der Waals surface area contributed by atoms with E-state index in [4.69, 9.17) is 4.42 Å². The number of alkyl halides is 3. The fourth-order valence-electron chi connectivity index (χ4n) is 3.34. The van der Waals surface area contributed by atoms with Crippen LogP contribution >= 0.6 is 0 Å². The van der Waals surface area contributed by atoms with Gasteiger partial charge in [-0.05, 0) is 62.0 Å². The van der Waals surface area contributed by atoms with Crippen LogP contribution < -0.4 is 0 Å². The zero-order valence-electron chi connectivity index (χ0n) is 17.1. The molecule has 0 N–H and O–H groups in total. The number of benzene rings is 2. The van der Waals surface area contributed by atoms with E-state index in [0.29, 0.717) is 30.3 Å². The SMILES string of the molecule is Cc1oc(-c2ccc(C(F)(F)F)cc2)nc1CN(C)Cc1cccc(-n2cccn2)c1. The van der Waals surface area contributed by atoms with Gasteiger partial charge in [0, 0.05) is 31.0 Å². The molecule has 5 nitrogen and oxygen atoms in total. The van der Waals surface area contributed by atoms with Crippen molar-refractivity contribution in [1.82, 2.24) is 19.7 Å². The number of hydrogen-bond donors (Lipinski definition) is 0. The van der Waals surface area contributed by atoms with Crippen LogP contribution in [-0.2, 0) is 19.3 Å². The molecule has 31 heavy (non-hydrogen) atoms. The molecule has 8 heteroatoms. The highest BCUT2D eigenvalue weighted by atomic mass is 19.4. The molecule has 0 radical (unpaired) electrons. The van der Waals surface area contributed by atoms with Gasteiger partial charge in [-0.3, -0.25) is 4.90 Å². The lowest BCUT2D eigenvalue weighted by molar-refractivity contribution is -0.137. The topological polar surface area (TPSA) is 47.1 Å². The number of hydrogen-bond acceptors (Lipinski definition) is 4. The van der Waals surface area contributed by atoms with Crippen molar-refractivity contribution < 1.29 is 17.6 Å². The van der Waals surface area contributed by atoms with E-state index < -0.39 is 11.7 Å². The monoisotopic (exact) mass is 426 g/mol. The van der Waals surface area contributed by atoms with Crippen molar-refractivity contribution in [3.8, 4) is 17.1 Å². The van der Waals surface area contributed by atoms with Crippen molar-refractivity contribution in [1.29, 1.82) is 0 Å². The van der Waals surface area contributed by atoms with Gasteiger partial charge in [-0.2, -0.15) is 18.3 Å². The first-order valence-electron chi connectivity index (χ1n) is 9.71. The molecule has 0 spiro atoms. The molecule has 4 aromatic rings. The summed E-state index contributed by atoms with van der Waals surface area (Å²) in [6.07, 6.45) is -0.738. The molecule has 2 aromatic heterocycles. The second-order valence-corrected chi connectivity index (χ2v) is 7.39. The number of rotatable bonds is 6. The lowest BCUT2D eigenvalue weighted by Crippen LogP contribution is -2.18. The van der Waals surface area contributed by atoms with Gasteiger partial charge >= 0.3 is 6.18 Å². The van der Waals surface area contributed by atoms with Crippen molar-refractivity contribution in [3.63, 3.8) is 0 Å². The average Bonchev–Trinajstić information content (AvgIpc) is 3.38. The van der Waals surface area contributed by atoms with E-state index in [9.17, 15) is 13.2 Å². The highest BCUT2D eigenvalue weighted by molar-refractivity contribution is 5.54. The summed E-state index contributed by atoms with van der Waals surface area (Å²) in [5, 5.41) is 4.25. The predicted molar refractivity (Wildman–Crippen MR) is 110 cm³/mol. The maximum Gasteiger partial charge on any atom is 0.416 e. The summed E-state index contributed by atoms with van der Waals surface area (Å²) < 4.78 is 45.8. The molecule has 0 saturated carbocycles. The van der Waals surface area contributed by atoms with Gasteiger partial charge in [0.1, 0.15) is 5.76 Å². The van der Waals surface area contributed by atoms with Crippen molar-refractivity contribution in [2.75, 3.05) is 7.05 Å². The van der Waals surface area contributed by atoms with Crippen LogP contribution in [0.15, 0.2) is 71.4 Å². The van der Waals surface area contributed by atoms with Gasteiger partial charge < -0.3 is 4.42 Å². The molecule has 0 amide bonds. The quantitative estimate of drug-likeness (QED) is 0.409. The number of aryl methyl sites for hydroxylation is 1. The molecule has 0 fully saturated rings. The van der Waals surface area contributed by atoms with Crippen LogP contribution in [0.1, 0.15) is 22.6 Å². The number of halogens is 3. The largest absolute Gasteiger partial charge is 0.441 e. The number of oxazole rings is 1. The molecule has 0 aliphatic heterocycles. The Balaban J connectivity index is 1.45. The lowest BCUT2D eigenvalue weighted by atomic mass is 10.1. The van der Waals surface area contributed by atoms with Gasteiger partial charge in [0.25, 0.3) is 0 Å². The Kier molecular flexibility index (Phi) is 5.65. The molecular weight excluding hydrogens is 405 g/mol. The summed E-state index contributed by atoms with van der Waals surface area (Å²) in [4.78, 5) is 6.61. The van der Waals surface area contributed by atoms with E-state index in [1.807, 2.05) is 49.1 Å². The Hall–Kier alpha value is -3.39. The Labute approximate surface area is 177 Å². The van der Waals surface area contributed by atoms with Crippen LogP contribution in [0.25, 0.3) is 17.1 Å². The van der Waals surface area contributed by atoms with E-state index in [2.05, 4.69) is 21.0 Å². The third kappa shape index (κ3) is 4.86. The number of aromatic nitrogens is 3. The van der Waals surface area contributed by atoms with Crippen molar-refractivity contribution in [2.45, 2.75) is 26.2 Å². The van der Waals surface area contributed by atoms with Crippen LogP contribution in [0.3, 0.4) is 0 Å². The zero-order chi connectivity index (χ0) is 22.0. The minimum Gasteiger partial charge on any atom is -0.441 e. The summed E-state index contributed by atoms with van der Waals surface area (Å²) in [6.45, 7) is 3.04. The van der Waals surface area contributed by atoms with E-state index >= 15 is 0 Å². The first-order valence-corrected chi connectivity index (χ1v) is 9.71. The van der Waals surface area contributed by atoms with Crippen LogP contribution in [0, 0.1) is 6.92 Å². The van der Waals surface area contributed by atoms with E-state index in [-0.39, 0.29) is 0 Å². The Morgan fingerprint density at radius 3 is 2.48 bits per heavy atom. The molecule has 0 saturated heterocycles. The fraction of sp³-hybridized carbons (Fsp3) is 0.217. The summed E-state index contributed by atoms with van der Waals surface area (Å²) >= 11 is 0. The average molecular weight is 426 g/mol. The van der Waals surface area contributed by atoms with Gasteiger partial charge in [0.05, 0.1) is 16.9 Å². The number of nitrogens with zero attached hydrogens (tertiary/aromatic N) is 4. The van der Waals surface area contributed by atoms with E-state index in [1.54, 1.807) is 6.20 Å². The smallest absolute Gasteiger partial charge is 0.416 e. The second-order valence-electron chi connectivity index (χ2n) is 7.39. The molecular formula is C23H21F3N4O. The summed E-state index contributed by atoms with van der Waals surface area (Å²) in [5.41, 5.74) is 2.67. The van der Waals surface area contributed by atoms with Gasteiger partial charge in [-0.1, -0.05) is 12.1 Å². The van der Waals surface area contributed by atoms with Gasteiger partial charge in [-0.25, -0.2) is 9.67 Å². The Morgan fingerprint density at radius 2 is 1.81 bits per heavy atom. The third-order valence-electron chi connectivity index (χ3n) is 4.90. The Morgan fingerprint density at radius 1 is 1.03 bits per heavy atom. The lowest BCUT2D eigenvalue weighted by Gasteiger charge is -2.16. The standard InChI is InChI=1S/C23H21F3N4O/c1-16-21(28-22(31-16)18-7-9-19(10-8-18)23(24,25)26)15-29(2)14-17-5-3-6-20(13-17)30-12-4-11-27-30/h3-13H,14-15H2,1-2H3. The molecule has 0 unspecified atom stereocenters. The van der Waals surface area contributed by atoms with Crippen molar-refractivity contribution in [3.05, 3.63) is 89.6 Å². The van der Waals surface area contributed by atoms with E-state index in [0.717, 1.165) is 29.1 Å². The minimum atomic E-state index is -4.37. The van der Waals surface area contributed by atoms with Gasteiger partial charge in [0.2, 0.25) is 5.89 Å². The molecule has 2 heterocycles. The third-order valence-corrected chi connectivity index (χ3v) is 4.90. The first-order chi connectivity index (χ1) is 14.8. The molecule has 2 aromatic carbocycles. The van der Waals surface area contributed by atoms with Crippen LogP contribution in [-0.4, -0.2) is 26.7 Å². The van der Waals surface area contributed by atoms with Gasteiger partial charge in [0.15, 0.2) is 0 Å². The van der Waals surface area contributed by atoms with Crippen LogP contribution in [0.4, 0.5) is 13.2 Å². The fourth-order valence-corrected chi connectivity index (χ4v) is 3.34. The molecule has 0 atom stereocenters. The maximum absolute atomic E-state index is 12.8. The minimum absolute atomic E-state index is 0.315. The second kappa shape index (κ2) is 8.39. The van der Waals surface area contributed by atoms with E-state index in [1.165, 1.54) is 12.1 Å². The summed E-state index contributed by atoms with van der Waals surface area (Å²) in [7, 11) is 1.98. The van der Waals surface area contributed by atoms with Crippen molar-refractivity contribution in [2.24, 2.45) is 0 Å². The summed E-state index contributed by atoms with van der Waals surface area (Å²) in [5.74, 6) is 0.961. The van der Waals surface area contributed by atoms with Crippen LogP contribution in [0.2, 0.25) is 0 Å². The zero-order valence-corrected chi connectivity index (χ0v) is 17.1. The predicted octanol–water partition coefficient (Wildman–Crippen LogP) is 5.49. The highest BCUT2D eigenvalue weighted by Gasteiger charge is 2.30. The maximum atomic E-state index is 12.8. The molecule has 0 bridgehead atoms. The van der Waals surface area contributed by atoms with Crippen LogP contribution in [0.5, 0.6) is 0 Å². The molecule has 0 aliphatic carbocycles. The van der Waals surface area contributed by atoms with Crippen molar-refractivity contribution >= 4 is 0 Å².